The third kappa shape index (κ3) is 6.03. The molecule has 28 heavy (non-hydrogen) atoms. The standard InChI is InChI=1S/C21H19BrFN3O2/c1-2-11-26(14-16-5-3-15(13-24)4-6-16)20(27)9-10-25-21(28)18-12-17(23)7-8-19(18)22/h2-8,12H,1,9-11,14H2,(H,25,28). The minimum Gasteiger partial charge on any atom is -0.351 e. The molecule has 0 fully saturated rings. The third-order valence-electron chi connectivity index (χ3n) is 3.96. The van der Waals surface area contributed by atoms with Crippen LogP contribution in [0.3, 0.4) is 0 Å². The molecule has 0 spiro atoms. The summed E-state index contributed by atoms with van der Waals surface area (Å²) in [6.45, 7) is 4.54. The van der Waals surface area contributed by atoms with Crippen LogP contribution in [0.2, 0.25) is 0 Å². The number of nitriles is 1. The lowest BCUT2D eigenvalue weighted by Gasteiger charge is -2.21. The molecule has 2 amide bonds. The molecule has 2 aromatic rings. The summed E-state index contributed by atoms with van der Waals surface area (Å²) in [6.07, 6.45) is 1.73. The first-order valence-corrected chi connectivity index (χ1v) is 9.35. The largest absolute Gasteiger partial charge is 0.351 e. The number of rotatable bonds is 8. The summed E-state index contributed by atoms with van der Waals surface area (Å²) in [7, 11) is 0. The number of nitrogens with one attached hydrogen (secondary N) is 1. The first-order chi connectivity index (χ1) is 13.4. The summed E-state index contributed by atoms with van der Waals surface area (Å²) < 4.78 is 13.8. The summed E-state index contributed by atoms with van der Waals surface area (Å²) >= 11 is 3.21. The van der Waals surface area contributed by atoms with Crippen LogP contribution in [0.4, 0.5) is 4.39 Å². The zero-order valence-electron chi connectivity index (χ0n) is 15.1. The highest BCUT2D eigenvalue weighted by atomic mass is 79.9. The van der Waals surface area contributed by atoms with Gasteiger partial charge in [-0.1, -0.05) is 18.2 Å². The molecule has 0 aromatic heterocycles. The van der Waals surface area contributed by atoms with Crippen molar-refractivity contribution in [1.29, 1.82) is 5.26 Å². The Kier molecular flexibility index (Phi) is 7.90. The van der Waals surface area contributed by atoms with E-state index in [1.165, 1.54) is 12.1 Å². The molecule has 0 heterocycles. The summed E-state index contributed by atoms with van der Waals surface area (Å²) in [4.78, 5) is 26.3. The topological polar surface area (TPSA) is 73.2 Å². The van der Waals surface area contributed by atoms with Gasteiger partial charge in [-0.15, -0.1) is 6.58 Å². The van der Waals surface area contributed by atoms with Crippen molar-refractivity contribution in [3.63, 3.8) is 0 Å². The van der Waals surface area contributed by atoms with E-state index in [1.54, 1.807) is 35.2 Å². The van der Waals surface area contributed by atoms with Gasteiger partial charge in [-0.2, -0.15) is 5.26 Å². The van der Waals surface area contributed by atoms with E-state index in [0.717, 1.165) is 11.6 Å². The molecule has 0 aliphatic rings. The zero-order valence-corrected chi connectivity index (χ0v) is 16.7. The van der Waals surface area contributed by atoms with Crippen molar-refractivity contribution < 1.29 is 14.0 Å². The Morgan fingerprint density at radius 1 is 1.25 bits per heavy atom. The predicted octanol–water partition coefficient (Wildman–Crippen LogP) is 3.79. The Morgan fingerprint density at radius 2 is 1.96 bits per heavy atom. The molecular formula is C21H19BrFN3O2. The fraction of sp³-hybridized carbons (Fsp3) is 0.190. The Morgan fingerprint density at radius 3 is 2.61 bits per heavy atom. The van der Waals surface area contributed by atoms with Crippen LogP contribution in [0.5, 0.6) is 0 Å². The van der Waals surface area contributed by atoms with Crippen LogP contribution < -0.4 is 5.32 Å². The fourth-order valence-corrected chi connectivity index (χ4v) is 2.95. The van der Waals surface area contributed by atoms with Gasteiger partial charge in [0.1, 0.15) is 5.82 Å². The Hall–Kier alpha value is -2.98. The van der Waals surface area contributed by atoms with Crippen molar-refractivity contribution in [2.24, 2.45) is 0 Å². The molecule has 0 saturated heterocycles. The number of benzene rings is 2. The van der Waals surface area contributed by atoms with E-state index < -0.39 is 11.7 Å². The molecule has 0 atom stereocenters. The van der Waals surface area contributed by atoms with Gasteiger partial charge in [0.05, 0.1) is 17.2 Å². The minimum absolute atomic E-state index is 0.1000. The van der Waals surface area contributed by atoms with Crippen molar-refractivity contribution in [3.8, 4) is 6.07 Å². The van der Waals surface area contributed by atoms with Crippen molar-refractivity contribution in [2.45, 2.75) is 13.0 Å². The van der Waals surface area contributed by atoms with E-state index in [0.29, 0.717) is 23.1 Å². The van der Waals surface area contributed by atoms with Gasteiger partial charge in [0, 0.05) is 30.5 Å². The molecule has 1 N–H and O–H groups in total. The summed E-state index contributed by atoms with van der Waals surface area (Å²) in [5, 5.41) is 11.5. The van der Waals surface area contributed by atoms with Gasteiger partial charge < -0.3 is 10.2 Å². The molecular weight excluding hydrogens is 425 g/mol. The highest BCUT2D eigenvalue weighted by Crippen LogP contribution is 2.17. The summed E-state index contributed by atoms with van der Waals surface area (Å²) in [6, 6.07) is 12.9. The van der Waals surface area contributed by atoms with Crippen molar-refractivity contribution in [3.05, 3.63) is 82.1 Å². The molecule has 0 unspecified atom stereocenters. The van der Waals surface area contributed by atoms with Crippen molar-refractivity contribution in [1.82, 2.24) is 10.2 Å². The molecule has 5 nitrogen and oxygen atoms in total. The van der Waals surface area contributed by atoms with Crippen molar-refractivity contribution in [2.75, 3.05) is 13.1 Å². The van der Waals surface area contributed by atoms with Crippen LogP contribution in [0, 0.1) is 17.1 Å². The van der Waals surface area contributed by atoms with E-state index in [1.807, 2.05) is 0 Å². The van der Waals surface area contributed by atoms with Gasteiger partial charge in [0.15, 0.2) is 0 Å². The Balaban J connectivity index is 1.92. The molecule has 2 rings (SSSR count). The number of carbonyl (C=O) groups is 2. The third-order valence-corrected chi connectivity index (χ3v) is 4.65. The predicted molar refractivity (Wildman–Crippen MR) is 108 cm³/mol. The first kappa shape index (κ1) is 21.3. The van der Waals surface area contributed by atoms with Gasteiger partial charge in [-0.25, -0.2) is 4.39 Å². The SMILES string of the molecule is C=CCN(Cc1ccc(C#N)cc1)C(=O)CCNC(=O)c1cc(F)ccc1Br. The second-order valence-electron chi connectivity index (χ2n) is 6.00. The quantitative estimate of drug-likeness (QED) is 0.630. The van der Waals surface area contributed by atoms with Gasteiger partial charge in [-0.05, 0) is 51.8 Å². The monoisotopic (exact) mass is 443 g/mol. The molecule has 0 aliphatic heterocycles. The number of halogens is 2. The Labute approximate surface area is 171 Å². The Bertz CT molecular complexity index is 907. The smallest absolute Gasteiger partial charge is 0.252 e. The van der Waals surface area contributed by atoms with Crippen LogP contribution in [0.25, 0.3) is 0 Å². The van der Waals surface area contributed by atoms with E-state index in [4.69, 9.17) is 5.26 Å². The average Bonchev–Trinajstić information content (AvgIpc) is 2.69. The molecule has 7 heteroatoms. The maximum Gasteiger partial charge on any atom is 0.252 e. The van der Waals surface area contributed by atoms with Gasteiger partial charge >= 0.3 is 0 Å². The molecule has 0 bridgehead atoms. The number of amides is 2. The second-order valence-corrected chi connectivity index (χ2v) is 6.86. The van der Waals surface area contributed by atoms with Crippen LogP contribution in [0.1, 0.15) is 27.9 Å². The number of hydrogen-bond acceptors (Lipinski definition) is 3. The maximum absolute atomic E-state index is 13.3. The van der Waals surface area contributed by atoms with Gasteiger partial charge in [-0.3, -0.25) is 9.59 Å². The number of carbonyl (C=O) groups excluding carboxylic acids is 2. The molecule has 144 valence electrons. The maximum atomic E-state index is 13.3. The zero-order chi connectivity index (χ0) is 20.5. The van der Waals surface area contributed by atoms with E-state index >= 15 is 0 Å². The average molecular weight is 444 g/mol. The van der Waals surface area contributed by atoms with Crippen molar-refractivity contribution >= 4 is 27.7 Å². The van der Waals surface area contributed by atoms with Crippen LogP contribution >= 0.6 is 15.9 Å². The van der Waals surface area contributed by atoms with Gasteiger partial charge in [0.25, 0.3) is 5.91 Å². The number of nitrogens with zero attached hydrogens (tertiary/aromatic N) is 2. The molecule has 0 radical (unpaired) electrons. The highest BCUT2D eigenvalue weighted by Gasteiger charge is 2.15. The lowest BCUT2D eigenvalue weighted by molar-refractivity contribution is -0.131. The van der Waals surface area contributed by atoms with E-state index in [2.05, 4.69) is 33.9 Å². The van der Waals surface area contributed by atoms with Crippen LogP contribution in [0.15, 0.2) is 59.6 Å². The summed E-state index contributed by atoms with van der Waals surface area (Å²) in [5.74, 6) is -1.12. The minimum atomic E-state index is -0.510. The molecule has 0 saturated carbocycles. The second kappa shape index (κ2) is 10.4. The van der Waals surface area contributed by atoms with Crippen LogP contribution in [-0.2, 0) is 11.3 Å². The van der Waals surface area contributed by atoms with E-state index in [9.17, 15) is 14.0 Å². The summed E-state index contributed by atoms with van der Waals surface area (Å²) in [5.41, 5.74) is 1.62. The molecule has 0 aliphatic carbocycles. The van der Waals surface area contributed by atoms with Gasteiger partial charge in [0.2, 0.25) is 5.91 Å². The van der Waals surface area contributed by atoms with E-state index in [-0.39, 0.29) is 24.4 Å². The van der Waals surface area contributed by atoms with Crippen LogP contribution in [-0.4, -0.2) is 29.8 Å². The fourth-order valence-electron chi connectivity index (χ4n) is 2.52. The lowest BCUT2D eigenvalue weighted by Crippen LogP contribution is -2.34. The normalized spacial score (nSPS) is 10.0. The first-order valence-electron chi connectivity index (χ1n) is 8.55. The lowest BCUT2D eigenvalue weighted by atomic mass is 10.1. The molecule has 2 aromatic carbocycles. The number of hydrogen-bond donors (Lipinski definition) is 1. The highest BCUT2D eigenvalue weighted by molar-refractivity contribution is 9.10.